The first-order valence-corrected chi connectivity index (χ1v) is 14.1. The molecule has 14 heteroatoms. The standard InChI is InChI=1S/C29H31ClF2N6O5/c1-36-21(18-5-6-23(43-2)25(32)24(18)31)14-34-26(36)27(40)35-16-3-4-17(20(30)13-16)28(41)37-9-11-38(12-10-37)29(42)19-7-8-33-15-22(19)39/h3-6,13-14,19,22,33,39H,7-12,15H2,1-2H3,(H,35,40)/t19-,22-/m1/s1. The molecule has 2 atom stereocenters. The Morgan fingerprint density at radius 1 is 1.09 bits per heavy atom. The Morgan fingerprint density at radius 2 is 1.81 bits per heavy atom. The van der Waals surface area contributed by atoms with Crippen molar-refractivity contribution in [3.05, 3.63) is 64.6 Å². The minimum atomic E-state index is -1.15. The third-order valence-electron chi connectivity index (χ3n) is 7.84. The van der Waals surface area contributed by atoms with E-state index in [-0.39, 0.29) is 45.2 Å². The molecule has 11 nitrogen and oxygen atoms in total. The summed E-state index contributed by atoms with van der Waals surface area (Å²) >= 11 is 6.44. The number of amides is 3. The lowest BCUT2D eigenvalue weighted by Gasteiger charge is -2.38. The van der Waals surface area contributed by atoms with E-state index < -0.39 is 29.6 Å². The van der Waals surface area contributed by atoms with Crippen molar-refractivity contribution in [2.75, 3.05) is 51.7 Å². The number of carbonyl (C=O) groups is 3. The van der Waals surface area contributed by atoms with E-state index in [1.165, 1.54) is 55.3 Å². The molecule has 0 radical (unpaired) electrons. The first-order chi connectivity index (χ1) is 20.6. The summed E-state index contributed by atoms with van der Waals surface area (Å²) in [5, 5.41) is 16.0. The molecule has 2 saturated heterocycles. The minimum absolute atomic E-state index is 0.0636. The Balaban J connectivity index is 1.22. The van der Waals surface area contributed by atoms with Gasteiger partial charge in [0.15, 0.2) is 17.4 Å². The van der Waals surface area contributed by atoms with E-state index in [2.05, 4.69) is 15.6 Å². The van der Waals surface area contributed by atoms with E-state index in [0.717, 1.165) is 0 Å². The maximum atomic E-state index is 14.6. The fourth-order valence-corrected chi connectivity index (χ4v) is 5.64. The Bertz CT molecular complexity index is 1560. The number of halogens is 3. The lowest BCUT2D eigenvalue weighted by Crippen LogP contribution is -2.55. The second kappa shape index (κ2) is 12.7. The summed E-state index contributed by atoms with van der Waals surface area (Å²) in [5.74, 6) is -4.06. The molecule has 3 aromatic rings. The smallest absolute Gasteiger partial charge is 0.291 e. The SMILES string of the molecule is COc1ccc(-c2cnc(C(=O)Nc3ccc(C(=O)N4CCN(C(=O)[C@@H]5CCNC[C@H]5O)CC4)c(Cl)c3)n2C)c(F)c1F. The van der Waals surface area contributed by atoms with Gasteiger partial charge < -0.3 is 34.8 Å². The maximum Gasteiger partial charge on any atom is 0.291 e. The van der Waals surface area contributed by atoms with Gasteiger partial charge in [0, 0.05) is 51.0 Å². The molecular weight excluding hydrogens is 586 g/mol. The van der Waals surface area contributed by atoms with E-state index in [1.54, 1.807) is 9.80 Å². The van der Waals surface area contributed by atoms with Crippen molar-refractivity contribution in [1.82, 2.24) is 24.7 Å². The number of carbonyl (C=O) groups excluding carboxylic acids is 3. The number of hydrogen-bond acceptors (Lipinski definition) is 7. The molecule has 0 spiro atoms. The molecule has 2 aliphatic heterocycles. The van der Waals surface area contributed by atoms with Gasteiger partial charge in [-0.3, -0.25) is 14.4 Å². The van der Waals surface area contributed by atoms with Crippen molar-refractivity contribution in [2.24, 2.45) is 13.0 Å². The second-order valence-electron chi connectivity index (χ2n) is 10.4. The summed E-state index contributed by atoms with van der Waals surface area (Å²) in [4.78, 5) is 46.4. The number of benzene rings is 2. The molecular formula is C29H31ClF2N6O5. The highest BCUT2D eigenvalue weighted by atomic mass is 35.5. The van der Waals surface area contributed by atoms with Crippen LogP contribution in [0.4, 0.5) is 14.5 Å². The van der Waals surface area contributed by atoms with Gasteiger partial charge in [-0.2, -0.15) is 4.39 Å². The second-order valence-corrected chi connectivity index (χ2v) is 10.8. The summed E-state index contributed by atoms with van der Waals surface area (Å²) in [6.07, 6.45) is 1.11. The number of β-amino-alcohol motifs (C(OH)–C–C–N with tert-alkyl or cyclic N) is 1. The van der Waals surface area contributed by atoms with Gasteiger partial charge >= 0.3 is 0 Å². The number of piperidine rings is 1. The van der Waals surface area contributed by atoms with Crippen LogP contribution in [0.2, 0.25) is 5.02 Å². The van der Waals surface area contributed by atoms with Gasteiger partial charge in [-0.25, -0.2) is 9.37 Å². The Morgan fingerprint density at radius 3 is 2.49 bits per heavy atom. The number of ether oxygens (including phenoxy) is 1. The number of anilines is 1. The molecule has 2 fully saturated rings. The van der Waals surface area contributed by atoms with Crippen LogP contribution in [0.25, 0.3) is 11.3 Å². The van der Waals surface area contributed by atoms with Gasteiger partial charge in [-0.15, -0.1) is 0 Å². The summed E-state index contributed by atoms with van der Waals surface area (Å²) in [6.45, 7) is 2.41. The largest absolute Gasteiger partial charge is 0.494 e. The molecule has 1 aromatic heterocycles. The molecule has 43 heavy (non-hydrogen) atoms. The van der Waals surface area contributed by atoms with Crippen LogP contribution in [-0.2, 0) is 11.8 Å². The highest BCUT2D eigenvalue weighted by molar-refractivity contribution is 6.34. The summed E-state index contributed by atoms with van der Waals surface area (Å²) in [7, 11) is 2.72. The average Bonchev–Trinajstić information content (AvgIpc) is 3.39. The molecule has 2 aliphatic rings. The van der Waals surface area contributed by atoms with E-state index in [1.807, 2.05) is 0 Å². The van der Waals surface area contributed by atoms with Gasteiger partial charge in [-0.1, -0.05) is 11.6 Å². The lowest BCUT2D eigenvalue weighted by atomic mass is 9.93. The number of hydrogen-bond donors (Lipinski definition) is 3. The normalized spacial score (nSPS) is 18.8. The van der Waals surface area contributed by atoms with Crippen LogP contribution in [0.1, 0.15) is 27.4 Å². The molecule has 228 valence electrons. The minimum Gasteiger partial charge on any atom is -0.494 e. The third-order valence-corrected chi connectivity index (χ3v) is 8.15. The number of rotatable bonds is 6. The monoisotopic (exact) mass is 616 g/mol. The van der Waals surface area contributed by atoms with Crippen molar-refractivity contribution in [3.8, 4) is 17.0 Å². The van der Waals surface area contributed by atoms with Crippen LogP contribution >= 0.6 is 11.6 Å². The average molecular weight is 617 g/mol. The van der Waals surface area contributed by atoms with Crippen molar-refractivity contribution in [3.63, 3.8) is 0 Å². The van der Waals surface area contributed by atoms with Crippen LogP contribution in [0.3, 0.4) is 0 Å². The molecule has 0 aliphatic carbocycles. The maximum absolute atomic E-state index is 14.6. The van der Waals surface area contributed by atoms with Crippen molar-refractivity contribution in [2.45, 2.75) is 12.5 Å². The highest BCUT2D eigenvalue weighted by Crippen LogP contribution is 2.30. The number of nitrogens with one attached hydrogen (secondary N) is 2. The summed E-state index contributed by atoms with van der Waals surface area (Å²) in [5.41, 5.74) is 0.627. The van der Waals surface area contributed by atoms with Crippen LogP contribution < -0.4 is 15.4 Å². The zero-order valence-electron chi connectivity index (χ0n) is 23.6. The van der Waals surface area contributed by atoms with Gasteiger partial charge in [0.2, 0.25) is 11.7 Å². The predicted molar refractivity (Wildman–Crippen MR) is 154 cm³/mol. The first-order valence-electron chi connectivity index (χ1n) is 13.7. The summed E-state index contributed by atoms with van der Waals surface area (Å²) < 4.78 is 35.0. The molecule has 0 unspecified atom stereocenters. The third kappa shape index (κ3) is 6.05. The number of aliphatic hydroxyl groups is 1. The highest BCUT2D eigenvalue weighted by Gasteiger charge is 2.35. The van der Waals surface area contributed by atoms with Crippen LogP contribution in [0.15, 0.2) is 36.5 Å². The Labute approximate surface area is 251 Å². The number of aromatic nitrogens is 2. The van der Waals surface area contributed by atoms with Gasteiger partial charge in [0.25, 0.3) is 11.8 Å². The van der Waals surface area contributed by atoms with Gasteiger partial charge in [0.1, 0.15) is 0 Å². The lowest BCUT2D eigenvalue weighted by molar-refractivity contribution is -0.141. The van der Waals surface area contributed by atoms with Gasteiger partial charge in [-0.05, 0) is 43.3 Å². The van der Waals surface area contributed by atoms with E-state index in [4.69, 9.17) is 16.3 Å². The Kier molecular flexibility index (Phi) is 8.95. The van der Waals surface area contributed by atoms with E-state index >= 15 is 0 Å². The van der Waals surface area contributed by atoms with E-state index in [0.29, 0.717) is 51.4 Å². The molecule has 0 bridgehead atoms. The number of aliphatic hydroxyl groups excluding tert-OH is 1. The zero-order valence-corrected chi connectivity index (χ0v) is 24.3. The molecule has 3 N–H and O–H groups in total. The fourth-order valence-electron chi connectivity index (χ4n) is 5.38. The number of imidazole rings is 1. The fraction of sp³-hybridized carbons (Fsp3) is 0.379. The first kappa shape index (κ1) is 30.4. The van der Waals surface area contributed by atoms with Crippen molar-refractivity contribution < 1.29 is 33.0 Å². The topological polar surface area (TPSA) is 129 Å². The van der Waals surface area contributed by atoms with Crippen molar-refractivity contribution >= 4 is 35.0 Å². The molecule has 0 saturated carbocycles. The van der Waals surface area contributed by atoms with Crippen molar-refractivity contribution in [1.29, 1.82) is 0 Å². The van der Waals surface area contributed by atoms with E-state index in [9.17, 15) is 28.3 Å². The number of nitrogens with zero attached hydrogens (tertiary/aromatic N) is 4. The number of methoxy groups -OCH3 is 1. The Hall–Kier alpha value is -4.07. The molecule has 3 amide bonds. The molecule has 2 aromatic carbocycles. The van der Waals surface area contributed by atoms with Crippen LogP contribution in [0, 0.1) is 17.6 Å². The number of piperazine rings is 1. The molecule has 3 heterocycles. The predicted octanol–water partition coefficient (Wildman–Crippen LogP) is 2.53. The van der Waals surface area contributed by atoms with Gasteiger partial charge in [0.05, 0.1) is 41.6 Å². The zero-order chi connectivity index (χ0) is 30.8. The quantitative estimate of drug-likeness (QED) is 0.388. The summed E-state index contributed by atoms with van der Waals surface area (Å²) in [6, 6.07) is 7.08. The molecule has 5 rings (SSSR count). The van der Waals surface area contributed by atoms with Crippen LogP contribution in [-0.4, -0.2) is 94.7 Å². The van der Waals surface area contributed by atoms with Crippen LogP contribution in [0.5, 0.6) is 5.75 Å².